The zero-order valence-electron chi connectivity index (χ0n) is 53.3. The van der Waals surface area contributed by atoms with Crippen molar-refractivity contribution in [2.75, 3.05) is 42.3 Å². The number of carboxylic acid groups (broad SMARTS) is 3. The Hall–Kier alpha value is -3.47. The molecule has 0 spiro atoms. The molecule has 0 unspecified atom stereocenters. The highest BCUT2D eigenvalue weighted by atomic mass is 16.4. The first-order valence-electron chi connectivity index (χ1n) is 32.5. The van der Waals surface area contributed by atoms with E-state index in [4.69, 9.17) is 15.3 Å². The van der Waals surface area contributed by atoms with Crippen LogP contribution in [0.25, 0.3) is 0 Å². The number of carboxylic acids is 3. The van der Waals surface area contributed by atoms with Crippen molar-refractivity contribution in [1.29, 1.82) is 0 Å². The van der Waals surface area contributed by atoms with Gasteiger partial charge in [0.2, 0.25) is 0 Å². The van der Waals surface area contributed by atoms with E-state index in [2.05, 4.69) is 100 Å². The van der Waals surface area contributed by atoms with Crippen LogP contribution in [0, 0.1) is 0 Å². The maximum Gasteiger partial charge on any atom is 0.303 e. The Bertz CT molecular complexity index is 1450. The summed E-state index contributed by atoms with van der Waals surface area (Å²) in [6.45, 7) is 9.28. The van der Waals surface area contributed by atoms with Gasteiger partial charge in [0, 0.05) is 44.5 Å². The maximum atomic E-state index is 10.3. The molecule has 462 valence electrons. The van der Waals surface area contributed by atoms with Gasteiger partial charge in [-0.3, -0.25) is 14.4 Å². The Morgan fingerprint density at radius 1 is 0.329 bits per heavy atom. The number of rotatable bonds is 51. The number of phenols is 1. The minimum Gasteiger partial charge on any atom is -0.508 e. The summed E-state index contributed by atoms with van der Waals surface area (Å²) < 4.78 is 0. The Morgan fingerprint density at radius 3 is 0.797 bits per heavy atom. The molecule has 0 atom stereocenters. The number of carbonyl (C=O) groups is 3. The number of phenolic OH excluding ortho intramolecular Hbond substituents is 1. The lowest BCUT2D eigenvalue weighted by atomic mass is 9.98. The third kappa shape index (κ3) is 66.9. The molecule has 0 aliphatic carbocycles. The van der Waals surface area contributed by atoms with E-state index in [1.807, 2.05) is 26.2 Å². The molecule has 1 rings (SSSR count). The van der Waals surface area contributed by atoms with Crippen LogP contribution >= 0.6 is 0 Å². The highest BCUT2D eigenvalue weighted by Gasteiger charge is 2.15. The molecule has 0 bridgehead atoms. The van der Waals surface area contributed by atoms with Crippen LogP contribution in [0.1, 0.15) is 307 Å². The van der Waals surface area contributed by atoms with E-state index in [9.17, 15) is 19.5 Å². The van der Waals surface area contributed by atoms with Crippen molar-refractivity contribution in [1.82, 2.24) is 14.7 Å². The van der Waals surface area contributed by atoms with Crippen LogP contribution in [-0.2, 0) is 34.0 Å². The van der Waals surface area contributed by atoms with Gasteiger partial charge in [-0.25, -0.2) is 0 Å². The quantitative estimate of drug-likeness (QED) is 0.0368. The predicted molar refractivity (Wildman–Crippen MR) is 342 cm³/mol. The number of allylic oxidation sites excluding steroid dienone is 6. The smallest absolute Gasteiger partial charge is 0.303 e. The summed E-state index contributed by atoms with van der Waals surface area (Å²) in [5.74, 6) is -1.60. The summed E-state index contributed by atoms with van der Waals surface area (Å²) in [5, 5.41) is 35.7. The predicted octanol–water partition coefficient (Wildman–Crippen LogP) is 19.9. The fourth-order valence-corrected chi connectivity index (χ4v) is 9.26. The monoisotopic (exact) mass is 1110 g/mol. The van der Waals surface area contributed by atoms with Crippen LogP contribution in [0.3, 0.4) is 0 Å². The lowest BCUT2D eigenvalue weighted by Gasteiger charge is -2.23. The molecule has 0 aliphatic rings. The number of aromatic hydroxyl groups is 1. The number of unbranched alkanes of at least 4 members (excludes halogenated alkanes) is 33. The van der Waals surface area contributed by atoms with Gasteiger partial charge in [-0.15, -0.1) is 0 Å². The van der Waals surface area contributed by atoms with Crippen LogP contribution in [0.5, 0.6) is 5.75 Å². The van der Waals surface area contributed by atoms with Crippen molar-refractivity contribution >= 4 is 17.9 Å². The second kappa shape index (κ2) is 63.7. The molecular weight excluding hydrogens is 983 g/mol. The van der Waals surface area contributed by atoms with Crippen molar-refractivity contribution in [2.45, 2.75) is 310 Å². The highest BCUT2D eigenvalue weighted by molar-refractivity contribution is 5.67. The van der Waals surface area contributed by atoms with Gasteiger partial charge in [0.05, 0.1) is 0 Å². The number of hydrogen-bond acceptors (Lipinski definition) is 7. The molecule has 4 N–H and O–H groups in total. The van der Waals surface area contributed by atoms with E-state index in [1.54, 1.807) is 0 Å². The van der Waals surface area contributed by atoms with Crippen LogP contribution in [0.15, 0.2) is 48.6 Å². The first-order chi connectivity index (χ1) is 38.1. The van der Waals surface area contributed by atoms with Gasteiger partial charge < -0.3 is 35.1 Å². The molecule has 0 saturated heterocycles. The number of aliphatic carboxylic acids is 3. The lowest BCUT2D eigenvalue weighted by Crippen LogP contribution is -2.20. The minimum atomic E-state index is -0.664. The minimum absolute atomic E-state index is 0.332. The molecule has 10 nitrogen and oxygen atoms in total. The van der Waals surface area contributed by atoms with E-state index in [0.717, 1.165) is 63.7 Å². The van der Waals surface area contributed by atoms with Crippen LogP contribution in [0.2, 0.25) is 0 Å². The van der Waals surface area contributed by atoms with Gasteiger partial charge >= 0.3 is 17.9 Å². The second-order valence-electron chi connectivity index (χ2n) is 23.1. The summed E-state index contributed by atoms with van der Waals surface area (Å²) >= 11 is 0. The summed E-state index contributed by atoms with van der Waals surface area (Å²) in [6.07, 6.45) is 63.7. The first-order valence-corrected chi connectivity index (χ1v) is 32.5. The molecule has 0 fully saturated rings. The molecule has 1 aromatic rings. The van der Waals surface area contributed by atoms with Gasteiger partial charge in [0.15, 0.2) is 0 Å². The average molecular weight is 1110 g/mol. The highest BCUT2D eigenvalue weighted by Crippen LogP contribution is 2.28. The van der Waals surface area contributed by atoms with Crippen molar-refractivity contribution in [3.63, 3.8) is 0 Å². The summed E-state index contributed by atoms with van der Waals surface area (Å²) in [4.78, 5) is 37.4. The standard InChI is InChI=1S/3C18H34O2.C15H27N3O/c3*1-2-3-4-5-6-7-8-9-10-11-12-13-14-15-16-17-18(19)20;1-16(2)9-12-7-8-15(19)14(11-18(5)6)13(12)10-17(3)4/h3*9-10H,2-8,11-17H2,1H3,(H,19,20);7-8,19H,9-11H2,1-6H3. The molecule has 0 saturated carbocycles. The zero-order chi connectivity index (χ0) is 59.3. The molecule has 0 aromatic heterocycles. The molecule has 10 heteroatoms. The van der Waals surface area contributed by atoms with E-state index in [-0.39, 0.29) is 0 Å². The fourth-order valence-electron chi connectivity index (χ4n) is 9.26. The van der Waals surface area contributed by atoms with Crippen molar-refractivity contribution in [3.05, 3.63) is 65.3 Å². The molecule has 1 aromatic carbocycles. The average Bonchev–Trinajstić information content (AvgIpc) is 3.40. The Labute approximate surface area is 488 Å². The summed E-state index contributed by atoms with van der Waals surface area (Å²) in [5.41, 5.74) is 3.57. The fraction of sp³-hybridized carbons (Fsp3) is 0.783. The van der Waals surface area contributed by atoms with Crippen LogP contribution in [0.4, 0.5) is 0 Å². The zero-order valence-corrected chi connectivity index (χ0v) is 53.3. The normalized spacial score (nSPS) is 11.4. The Morgan fingerprint density at radius 2 is 0.557 bits per heavy atom. The third-order valence-electron chi connectivity index (χ3n) is 13.9. The molecule has 0 radical (unpaired) electrons. The second-order valence-corrected chi connectivity index (χ2v) is 23.1. The van der Waals surface area contributed by atoms with Crippen LogP contribution < -0.4 is 0 Å². The van der Waals surface area contributed by atoms with Gasteiger partial charge in [0.25, 0.3) is 0 Å². The SMILES string of the molecule is CCCCCCCCC=CCCCCCCCC(=O)O.CCCCCCCCC=CCCCCCCCC(=O)O.CCCCCCCCC=CCCCCCCCC(=O)O.CN(C)Cc1ccc(O)c(CN(C)C)c1CN(C)C. The van der Waals surface area contributed by atoms with Crippen molar-refractivity contribution in [3.8, 4) is 5.75 Å². The molecule has 0 amide bonds. The molecule has 0 heterocycles. The van der Waals surface area contributed by atoms with E-state index in [1.165, 1.54) is 223 Å². The topological polar surface area (TPSA) is 142 Å². The van der Waals surface area contributed by atoms with E-state index in [0.29, 0.717) is 25.0 Å². The van der Waals surface area contributed by atoms with E-state index >= 15 is 0 Å². The Kier molecular flexibility index (Phi) is 64.3. The van der Waals surface area contributed by atoms with Crippen molar-refractivity contribution in [2.24, 2.45) is 0 Å². The van der Waals surface area contributed by atoms with Gasteiger partial charge in [-0.1, -0.05) is 217 Å². The van der Waals surface area contributed by atoms with Crippen molar-refractivity contribution < 1.29 is 34.8 Å². The summed E-state index contributed by atoms with van der Waals surface area (Å²) in [6, 6.07) is 3.85. The van der Waals surface area contributed by atoms with Gasteiger partial charge in [-0.2, -0.15) is 0 Å². The molecule has 79 heavy (non-hydrogen) atoms. The van der Waals surface area contributed by atoms with Gasteiger partial charge in [-0.05, 0) is 156 Å². The number of benzene rings is 1. The Balaban J connectivity index is -0.000000975. The van der Waals surface area contributed by atoms with Crippen LogP contribution in [-0.4, -0.2) is 95.3 Å². The third-order valence-corrected chi connectivity index (χ3v) is 13.9. The van der Waals surface area contributed by atoms with Gasteiger partial charge in [0.1, 0.15) is 5.75 Å². The molecule has 0 aliphatic heterocycles. The van der Waals surface area contributed by atoms with E-state index < -0.39 is 17.9 Å². The lowest BCUT2D eigenvalue weighted by molar-refractivity contribution is -0.138. The largest absolute Gasteiger partial charge is 0.508 e. The maximum absolute atomic E-state index is 10.3. The number of nitrogens with zero attached hydrogens (tertiary/aromatic N) is 3. The first kappa shape index (κ1) is 79.8. The number of hydrogen-bond donors (Lipinski definition) is 4. The summed E-state index contributed by atoms with van der Waals surface area (Å²) in [7, 11) is 12.3. The molecular formula is C69H129N3O7.